The lowest BCUT2D eigenvalue weighted by atomic mass is 9.96. The summed E-state index contributed by atoms with van der Waals surface area (Å²) >= 11 is 0. The predicted molar refractivity (Wildman–Crippen MR) is 95.6 cm³/mol. The zero-order valence-corrected chi connectivity index (χ0v) is 14.5. The van der Waals surface area contributed by atoms with E-state index in [2.05, 4.69) is 16.3 Å². The van der Waals surface area contributed by atoms with Crippen LogP contribution in [0.3, 0.4) is 0 Å². The van der Waals surface area contributed by atoms with Gasteiger partial charge in [-0.3, -0.25) is 0 Å². The van der Waals surface area contributed by atoms with Gasteiger partial charge in [0.25, 0.3) is 0 Å². The standard InChI is InChI=1S/C19H28N2O3/c1-23-18-3-2-17-10-16(14-24-19(17)11-18)13-20-12-15-4-6-21(7-5-15)8-9-22/h2-3,10-11,15,20,22H,4-9,12-14H2,1H3. The largest absolute Gasteiger partial charge is 0.497 e. The van der Waals surface area contributed by atoms with Gasteiger partial charge >= 0.3 is 0 Å². The summed E-state index contributed by atoms with van der Waals surface area (Å²) in [6.45, 7) is 5.87. The van der Waals surface area contributed by atoms with Gasteiger partial charge in [-0.05, 0) is 62.2 Å². The molecule has 2 aliphatic heterocycles. The Balaban J connectivity index is 1.43. The first kappa shape index (κ1) is 17.3. The maximum Gasteiger partial charge on any atom is 0.130 e. The molecule has 0 radical (unpaired) electrons. The molecule has 0 spiro atoms. The van der Waals surface area contributed by atoms with Crippen molar-refractivity contribution in [2.75, 3.05) is 53.0 Å². The highest BCUT2D eigenvalue weighted by Crippen LogP contribution is 2.30. The Bertz CT molecular complexity index is 566. The van der Waals surface area contributed by atoms with Crippen molar-refractivity contribution >= 4 is 6.08 Å². The van der Waals surface area contributed by atoms with Gasteiger partial charge in [-0.2, -0.15) is 0 Å². The third kappa shape index (κ3) is 4.50. The van der Waals surface area contributed by atoms with Crippen LogP contribution < -0.4 is 14.8 Å². The molecule has 3 rings (SSSR count). The number of benzene rings is 1. The third-order valence-corrected chi connectivity index (χ3v) is 4.90. The zero-order valence-electron chi connectivity index (χ0n) is 14.5. The van der Waals surface area contributed by atoms with E-state index in [0.29, 0.717) is 6.61 Å². The summed E-state index contributed by atoms with van der Waals surface area (Å²) in [6, 6.07) is 5.95. The summed E-state index contributed by atoms with van der Waals surface area (Å²) in [5.41, 5.74) is 2.40. The van der Waals surface area contributed by atoms with Crippen molar-refractivity contribution in [1.82, 2.24) is 10.2 Å². The quantitative estimate of drug-likeness (QED) is 0.797. The van der Waals surface area contributed by atoms with Crippen molar-refractivity contribution < 1.29 is 14.6 Å². The maximum absolute atomic E-state index is 8.99. The summed E-state index contributed by atoms with van der Waals surface area (Å²) < 4.78 is 11.1. The van der Waals surface area contributed by atoms with Gasteiger partial charge in [0.1, 0.15) is 18.1 Å². The molecule has 5 heteroatoms. The Morgan fingerprint density at radius 3 is 2.92 bits per heavy atom. The summed E-state index contributed by atoms with van der Waals surface area (Å²) in [6.07, 6.45) is 4.64. The van der Waals surface area contributed by atoms with Gasteiger partial charge in [0.05, 0.1) is 13.7 Å². The summed E-state index contributed by atoms with van der Waals surface area (Å²) in [5, 5.41) is 12.6. The second-order valence-corrected chi connectivity index (χ2v) is 6.63. The van der Waals surface area contributed by atoms with Crippen LogP contribution in [0.2, 0.25) is 0 Å². The third-order valence-electron chi connectivity index (χ3n) is 4.90. The minimum absolute atomic E-state index is 0.268. The summed E-state index contributed by atoms with van der Waals surface area (Å²) in [5.74, 6) is 2.47. The lowest BCUT2D eigenvalue weighted by Gasteiger charge is -2.31. The molecule has 1 aromatic carbocycles. The molecule has 0 saturated carbocycles. The van der Waals surface area contributed by atoms with Gasteiger partial charge in [0.15, 0.2) is 0 Å². The number of hydrogen-bond acceptors (Lipinski definition) is 5. The molecular weight excluding hydrogens is 304 g/mol. The van der Waals surface area contributed by atoms with Gasteiger partial charge in [-0.25, -0.2) is 0 Å². The molecule has 1 saturated heterocycles. The number of likely N-dealkylation sites (tertiary alicyclic amines) is 1. The Kier molecular flexibility index (Phi) is 6.12. The van der Waals surface area contributed by atoms with Gasteiger partial charge in [0.2, 0.25) is 0 Å². The predicted octanol–water partition coefficient (Wildman–Crippen LogP) is 1.76. The number of methoxy groups -OCH3 is 1. The van der Waals surface area contributed by atoms with Crippen LogP contribution in [0.4, 0.5) is 0 Å². The van der Waals surface area contributed by atoms with Gasteiger partial charge in [0, 0.05) is 24.7 Å². The van der Waals surface area contributed by atoms with Crippen molar-refractivity contribution in [2.24, 2.45) is 5.92 Å². The fourth-order valence-corrected chi connectivity index (χ4v) is 3.41. The van der Waals surface area contributed by atoms with Crippen LogP contribution in [-0.2, 0) is 0 Å². The second-order valence-electron chi connectivity index (χ2n) is 6.63. The monoisotopic (exact) mass is 332 g/mol. The first-order chi connectivity index (χ1) is 11.8. The smallest absolute Gasteiger partial charge is 0.130 e. The first-order valence-corrected chi connectivity index (χ1v) is 8.82. The Morgan fingerprint density at radius 2 is 2.17 bits per heavy atom. The molecule has 2 heterocycles. The number of ether oxygens (including phenoxy) is 2. The minimum Gasteiger partial charge on any atom is -0.497 e. The molecule has 0 amide bonds. The van der Waals surface area contributed by atoms with Crippen LogP contribution in [0.5, 0.6) is 11.5 Å². The number of nitrogens with one attached hydrogen (secondary N) is 1. The second kappa shape index (κ2) is 8.51. The van der Waals surface area contributed by atoms with E-state index in [1.807, 2.05) is 18.2 Å². The Hall–Kier alpha value is -1.56. The van der Waals surface area contributed by atoms with E-state index in [4.69, 9.17) is 14.6 Å². The molecule has 0 atom stereocenters. The lowest BCUT2D eigenvalue weighted by molar-refractivity contribution is 0.147. The number of fused-ring (bicyclic) bond motifs is 1. The topological polar surface area (TPSA) is 54.0 Å². The number of nitrogens with zero attached hydrogens (tertiary/aromatic N) is 1. The summed E-state index contributed by atoms with van der Waals surface area (Å²) in [7, 11) is 1.67. The molecule has 132 valence electrons. The van der Waals surface area contributed by atoms with Crippen LogP contribution in [-0.4, -0.2) is 63.1 Å². The average Bonchev–Trinajstić information content (AvgIpc) is 2.63. The Labute approximate surface area is 144 Å². The normalized spacial score (nSPS) is 18.7. The molecule has 0 unspecified atom stereocenters. The fourth-order valence-electron chi connectivity index (χ4n) is 3.41. The van der Waals surface area contributed by atoms with E-state index in [0.717, 1.165) is 55.7 Å². The zero-order chi connectivity index (χ0) is 16.8. The number of β-amino-alcohol motifs (C(OH)–C–C–N with tert-alkyl or cyclic N) is 1. The molecular formula is C19H28N2O3. The van der Waals surface area contributed by atoms with Crippen LogP contribution in [0.25, 0.3) is 6.08 Å². The number of aliphatic hydroxyl groups excluding tert-OH is 1. The van der Waals surface area contributed by atoms with Gasteiger partial charge in [-0.1, -0.05) is 0 Å². The minimum atomic E-state index is 0.268. The molecule has 0 bridgehead atoms. The molecule has 5 nitrogen and oxygen atoms in total. The number of rotatable bonds is 7. The average molecular weight is 332 g/mol. The van der Waals surface area contributed by atoms with E-state index in [1.165, 1.54) is 18.4 Å². The number of hydrogen-bond donors (Lipinski definition) is 2. The molecule has 2 aliphatic rings. The molecule has 0 aliphatic carbocycles. The molecule has 2 N–H and O–H groups in total. The van der Waals surface area contributed by atoms with Crippen LogP contribution in [0, 0.1) is 5.92 Å². The molecule has 0 aromatic heterocycles. The van der Waals surface area contributed by atoms with Crippen molar-refractivity contribution in [1.29, 1.82) is 0 Å². The van der Waals surface area contributed by atoms with Crippen molar-refractivity contribution in [3.05, 3.63) is 29.3 Å². The van der Waals surface area contributed by atoms with E-state index < -0.39 is 0 Å². The van der Waals surface area contributed by atoms with Crippen molar-refractivity contribution in [3.8, 4) is 11.5 Å². The lowest BCUT2D eigenvalue weighted by Crippen LogP contribution is -2.39. The van der Waals surface area contributed by atoms with E-state index in [-0.39, 0.29) is 6.61 Å². The van der Waals surface area contributed by atoms with Crippen molar-refractivity contribution in [2.45, 2.75) is 12.8 Å². The SMILES string of the molecule is COc1ccc2c(c1)OCC(CNCC1CCN(CCO)CC1)=C2. The Morgan fingerprint density at radius 1 is 1.33 bits per heavy atom. The van der Waals surface area contributed by atoms with E-state index >= 15 is 0 Å². The van der Waals surface area contributed by atoms with E-state index in [9.17, 15) is 0 Å². The van der Waals surface area contributed by atoms with Crippen molar-refractivity contribution in [3.63, 3.8) is 0 Å². The van der Waals surface area contributed by atoms with Gasteiger partial charge in [-0.15, -0.1) is 0 Å². The number of aliphatic hydroxyl groups is 1. The number of piperidine rings is 1. The van der Waals surface area contributed by atoms with Crippen LogP contribution >= 0.6 is 0 Å². The molecule has 1 fully saturated rings. The van der Waals surface area contributed by atoms with E-state index in [1.54, 1.807) is 7.11 Å². The highest BCUT2D eigenvalue weighted by Gasteiger charge is 2.19. The highest BCUT2D eigenvalue weighted by molar-refractivity contribution is 5.63. The van der Waals surface area contributed by atoms with Crippen LogP contribution in [0.15, 0.2) is 23.8 Å². The maximum atomic E-state index is 8.99. The summed E-state index contributed by atoms with van der Waals surface area (Å²) in [4.78, 5) is 2.35. The molecule has 1 aromatic rings. The van der Waals surface area contributed by atoms with Gasteiger partial charge < -0.3 is 24.8 Å². The van der Waals surface area contributed by atoms with Crippen LogP contribution in [0.1, 0.15) is 18.4 Å². The fraction of sp³-hybridized carbons (Fsp3) is 0.579. The molecule has 24 heavy (non-hydrogen) atoms. The first-order valence-electron chi connectivity index (χ1n) is 8.82. The highest BCUT2D eigenvalue weighted by atomic mass is 16.5.